The van der Waals surface area contributed by atoms with Gasteiger partial charge in [-0.05, 0) is 13.8 Å². The number of ether oxygens (including phenoxy) is 9. The summed E-state index contributed by atoms with van der Waals surface area (Å²) in [6.07, 6.45) is -31.5. The van der Waals surface area contributed by atoms with Gasteiger partial charge in [-0.1, -0.05) is 0 Å². The third-order valence-corrected chi connectivity index (χ3v) is 11.2. The maximum atomic E-state index is 12.8. The topological polar surface area (TPSA) is 436 Å². The van der Waals surface area contributed by atoms with Crippen LogP contribution in [-0.4, -0.2) is 248 Å². The number of rotatable bonds is 20. The van der Waals surface area contributed by atoms with Crippen molar-refractivity contribution in [1.82, 2.24) is 21.3 Å². The third-order valence-electron chi connectivity index (χ3n) is 11.2. The minimum absolute atomic E-state index is 0.731. The Morgan fingerprint density at radius 2 is 0.776 bits per heavy atom. The number of nitrogens with one attached hydrogen (secondary N) is 4. The van der Waals surface area contributed by atoms with Crippen LogP contribution < -0.4 is 21.3 Å². The van der Waals surface area contributed by atoms with Crippen LogP contribution in [-0.2, 0) is 71.4 Å². The van der Waals surface area contributed by atoms with Crippen LogP contribution in [0.5, 0.6) is 0 Å². The molecule has 0 saturated carbocycles. The van der Waals surface area contributed by atoms with Gasteiger partial charge in [-0.3, -0.25) is 19.2 Å². The summed E-state index contributed by atoms with van der Waals surface area (Å²) in [6, 6.07) is -6.54. The second-order valence-corrected chi connectivity index (χ2v) is 16.3. The van der Waals surface area contributed by atoms with Gasteiger partial charge in [0, 0.05) is 27.7 Å². The van der Waals surface area contributed by atoms with E-state index in [1.807, 2.05) is 0 Å². The van der Waals surface area contributed by atoms with Crippen LogP contribution in [0.4, 0.5) is 0 Å². The summed E-state index contributed by atoms with van der Waals surface area (Å²) < 4.78 is 53.4. The van der Waals surface area contributed by atoms with Crippen molar-refractivity contribution in [3.63, 3.8) is 0 Å². The molecule has 0 unspecified atom stereocenters. The molecule has 14 N–H and O–H groups in total. The Kier molecular flexibility index (Phi) is 20.5. The van der Waals surface area contributed by atoms with Crippen molar-refractivity contribution in [3.05, 3.63) is 0 Å². The van der Waals surface area contributed by atoms with Gasteiger partial charge in [0.1, 0.15) is 97.4 Å². The lowest BCUT2D eigenvalue weighted by molar-refractivity contribution is -0.366. The van der Waals surface area contributed by atoms with E-state index >= 15 is 0 Å². The predicted octanol–water partition coefficient (Wildman–Crippen LogP) is -8.18. The van der Waals surface area contributed by atoms with Crippen molar-refractivity contribution < 1.29 is 122 Å². The van der Waals surface area contributed by atoms with E-state index < -0.39 is 197 Å². The molecule has 0 aliphatic carbocycles. The van der Waals surface area contributed by atoms with E-state index in [0.717, 1.165) is 41.5 Å². The molecule has 0 aromatic carbocycles. The molecular formula is C38H62N4O25. The third kappa shape index (κ3) is 13.7. The average Bonchev–Trinajstić information content (AvgIpc) is 3.25. The zero-order valence-corrected chi connectivity index (χ0v) is 37.1. The van der Waals surface area contributed by atoms with E-state index in [2.05, 4.69) is 21.3 Å². The van der Waals surface area contributed by atoms with Crippen LogP contribution >= 0.6 is 0 Å². The molecule has 4 amide bonds. The highest BCUT2D eigenvalue weighted by atomic mass is 16.8. The standard InChI is InChI=1S/C38H62N4O25/c1-11(33(54)55)59-31-23(41-15(5)49)35(58)61-19(9-45)29(31)66-37-22(40-14(4)48)27(53)28(18(8-44)63-37)65-38-24(42-16(6)50)32(60-12(2)34(56)57)30(20(10-46)64-38)67-36-21(39-13(3)47)26(52)25(51)17(7-43)62-36/h11-12,17-32,35-38,43-46,51-53,58H,7-10H2,1-6H3,(H,39,47)(H,40,48)(H,41,49)(H,42,50)(H,54,55)(H,56,57)/t11-,12-,17-,18+,19+,20+,21+,22-,23-,24-,25+,26+,27+,28-,29-,30-,31+,32+,35+,36+,37-,38-/m1/s1. The number of amides is 4. The molecule has 22 atom stereocenters. The van der Waals surface area contributed by atoms with E-state index in [9.17, 15) is 79.8 Å². The van der Waals surface area contributed by atoms with Crippen LogP contribution in [0.3, 0.4) is 0 Å². The van der Waals surface area contributed by atoms with Gasteiger partial charge in [0.05, 0.1) is 26.4 Å². The van der Waals surface area contributed by atoms with Crippen LogP contribution in [0.15, 0.2) is 0 Å². The molecule has 67 heavy (non-hydrogen) atoms. The minimum Gasteiger partial charge on any atom is -0.479 e. The zero-order valence-electron chi connectivity index (χ0n) is 37.1. The fourth-order valence-electron chi connectivity index (χ4n) is 8.04. The Morgan fingerprint density at radius 3 is 1.19 bits per heavy atom. The Balaban J connectivity index is 1.75. The number of hydrogen-bond acceptors (Lipinski definition) is 23. The van der Waals surface area contributed by atoms with Gasteiger partial charge in [0.2, 0.25) is 23.6 Å². The maximum absolute atomic E-state index is 12.8. The number of carboxylic acid groups (broad SMARTS) is 2. The van der Waals surface area contributed by atoms with Crippen molar-refractivity contribution >= 4 is 35.6 Å². The quantitative estimate of drug-likeness (QED) is 0.0539. The summed E-state index contributed by atoms with van der Waals surface area (Å²) in [4.78, 5) is 73.9. The smallest absolute Gasteiger partial charge is 0.332 e. The van der Waals surface area contributed by atoms with Gasteiger partial charge in [0.15, 0.2) is 37.4 Å². The highest BCUT2D eigenvalue weighted by molar-refractivity contribution is 5.75. The first-order chi connectivity index (χ1) is 31.5. The normalized spacial score (nSPS) is 39.9. The monoisotopic (exact) mass is 974 g/mol. The first-order valence-electron chi connectivity index (χ1n) is 21.1. The fourth-order valence-corrected chi connectivity index (χ4v) is 8.04. The van der Waals surface area contributed by atoms with Gasteiger partial charge in [-0.15, -0.1) is 0 Å². The van der Waals surface area contributed by atoms with Gasteiger partial charge in [0.25, 0.3) is 0 Å². The molecule has 29 nitrogen and oxygen atoms in total. The number of aliphatic hydroxyl groups is 8. The lowest BCUT2D eigenvalue weighted by atomic mass is 9.93. The molecule has 4 aliphatic heterocycles. The molecule has 4 rings (SSSR count). The van der Waals surface area contributed by atoms with Crippen molar-refractivity contribution in [2.24, 2.45) is 0 Å². The molecule has 0 aromatic rings. The first kappa shape index (κ1) is 55.7. The summed E-state index contributed by atoms with van der Waals surface area (Å²) in [5.74, 6) is -6.13. The van der Waals surface area contributed by atoms with E-state index in [-0.39, 0.29) is 0 Å². The lowest BCUT2D eigenvalue weighted by Gasteiger charge is -2.52. The highest BCUT2D eigenvalue weighted by Gasteiger charge is 2.57. The molecule has 4 heterocycles. The van der Waals surface area contributed by atoms with Gasteiger partial charge in [-0.25, -0.2) is 9.59 Å². The Bertz CT molecular complexity index is 1700. The largest absolute Gasteiger partial charge is 0.479 e. The molecule has 4 saturated heterocycles. The van der Waals surface area contributed by atoms with E-state index in [1.54, 1.807) is 0 Å². The van der Waals surface area contributed by atoms with Crippen molar-refractivity contribution in [1.29, 1.82) is 0 Å². The molecule has 0 bridgehead atoms. The summed E-state index contributed by atoms with van der Waals surface area (Å²) >= 11 is 0. The fraction of sp³-hybridized carbons (Fsp3) is 0.842. The van der Waals surface area contributed by atoms with Crippen LogP contribution in [0.2, 0.25) is 0 Å². The van der Waals surface area contributed by atoms with Crippen LogP contribution in [0.25, 0.3) is 0 Å². The Hall–Kier alpha value is -3.86. The van der Waals surface area contributed by atoms with Crippen LogP contribution in [0.1, 0.15) is 41.5 Å². The van der Waals surface area contributed by atoms with Gasteiger partial charge < -0.3 is 115 Å². The SMILES string of the molecule is CC(=O)N[C@@H]1[C@H](O[C@H]2[C@@H](O[C@H](C)C(=O)O)[C@@H](NC(C)=O)[C@@H](O[C@H]3[C@@H](O)[C@@H](NC(C)=O)[C@@H](O[C@H]4[C@@H](O[C@H](C)C(=O)O)[C@@H](NC(C)=O)[C@@H](O)O[C@H]4CO)O[C@H]3CO)O[C@H]2CO)O[C@H](CO)[C@H](O)[C@H]1O. The predicted molar refractivity (Wildman–Crippen MR) is 212 cm³/mol. The van der Waals surface area contributed by atoms with E-state index in [1.165, 1.54) is 0 Å². The number of aliphatic carboxylic acids is 2. The Labute approximate surface area is 381 Å². The lowest BCUT2D eigenvalue weighted by Crippen LogP contribution is -2.72. The highest BCUT2D eigenvalue weighted by Crippen LogP contribution is 2.36. The molecule has 0 radical (unpaired) electrons. The summed E-state index contributed by atoms with van der Waals surface area (Å²) in [6.45, 7) is 2.61. The summed E-state index contributed by atoms with van der Waals surface area (Å²) in [5, 5.41) is 115. The summed E-state index contributed by atoms with van der Waals surface area (Å²) in [7, 11) is 0. The molecule has 4 fully saturated rings. The molecule has 384 valence electrons. The average molecular weight is 975 g/mol. The number of hydrogen-bond donors (Lipinski definition) is 14. The number of carbonyl (C=O) groups is 6. The zero-order chi connectivity index (χ0) is 50.2. The number of aliphatic hydroxyl groups excluding tert-OH is 8. The second-order valence-electron chi connectivity index (χ2n) is 16.3. The number of carboxylic acids is 2. The summed E-state index contributed by atoms with van der Waals surface area (Å²) in [5.41, 5.74) is 0. The van der Waals surface area contributed by atoms with E-state index in [4.69, 9.17) is 42.6 Å². The molecule has 0 spiro atoms. The maximum Gasteiger partial charge on any atom is 0.332 e. The molecular weight excluding hydrogens is 912 g/mol. The van der Waals surface area contributed by atoms with Crippen molar-refractivity contribution in [2.75, 3.05) is 26.4 Å². The van der Waals surface area contributed by atoms with Crippen LogP contribution in [0, 0.1) is 0 Å². The first-order valence-corrected chi connectivity index (χ1v) is 21.1. The van der Waals surface area contributed by atoms with Crippen molar-refractivity contribution in [3.8, 4) is 0 Å². The van der Waals surface area contributed by atoms with Gasteiger partial charge in [-0.2, -0.15) is 0 Å². The Morgan fingerprint density at radius 1 is 0.448 bits per heavy atom. The second kappa shape index (κ2) is 24.6. The van der Waals surface area contributed by atoms with E-state index in [0.29, 0.717) is 0 Å². The minimum atomic E-state index is -2.02. The molecule has 29 heteroatoms. The molecule has 0 aromatic heterocycles. The van der Waals surface area contributed by atoms with Crippen molar-refractivity contribution in [2.45, 2.75) is 176 Å². The number of carbonyl (C=O) groups excluding carboxylic acids is 4. The van der Waals surface area contributed by atoms with Gasteiger partial charge >= 0.3 is 11.9 Å². The molecule has 4 aliphatic rings.